The Hall–Kier alpha value is -1.95. The van der Waals surface area contributed by atoms with Crippen LogP contribution in [0.3, 0.4) is 0 Å². The predicted octanol–water partition coefficient (Wildman–Crippen LogP) is 1.29. The van der Waals surface area contributed by atoms with E-state index >= 15 is 0 Å². The number of allylic oxidation sites excluding steroid dienone is 1. The van der Waals surface area contributed by atoms with Gasteiger partial charge in [0.15, 0.2) is 5.84 Å². The number of benzene rings is 1. The van der Waals surface area contributed by atoms with Gasteiger partial charge in [-0.25, -0.2) is 0 Å². The van der Waals surface area contributed by atoms with Crippen LogP contribution < -0.4 is 5.43 Å². The van der Waals surface area contributed by atoms with Gasteiger partial charge >= 0.3 is 0 Å². The minimum atomic E-state index is -3.58. The Labute approximate surface area is 99.6 Å². The number of sulfonamides is 1. The number of hydrogen-bond acceptors (Lipinski definition) is 4. The third kappa shape index (κ3) is 2.26. The number of nitrogens with zero attached hydrogens (tertiary/aromatic N) is 2. The van der Waals surface area contributed by atoms with Gasteiger partial charge in [0.1, 0.15) is 4.90 Å². The molecule has 0 atom stereocenters. The highest BCUT2D eigenvalue weighted by atomic mass is 32.2. The molecule has 0 saturated heterocycles. The zero-order valence-corrected chi connectivity index (χ0v) is 10.0. The van der Waals surface area contributed by atoms with Crippen molar-refractivity contribution in [2.75, 3.05) is 0 Å². The molecule has 0 saturated carbocycles. The van der Waals surface area contributed by atoms with E-state index in [1.54, 1.807) is 25.1 Å². The molecule has 0 amide bonds. The normalized spacial score (nSPS) is 16.6. The monoisotopic (exact) mass is 249 g/mol. The second-order valence-electron chi connectivity index (χ2n) is 3.63. The Morgan fingerprint density at radius 2 is 2.18 bits per heavy atom. The van der Waals surface area contributed by atoms with Gasteiger partial charge in [0, 0.05) is 11.8 Å². The molecular formula is C11H11N3O2S. The van der Waals surface area contributed by atoms with Crippen molar-refractivity contribution in [3.63, 3.8) is 0 Å². The van der Waals surface area contributed by atoms with Crippen LogP contribution in [0, 0.1) is 0 Å². The summed E-state index contributed by atoms with van der Waals surface area (Å²) in [6.45, 7) is 5.43. The van der Waals surface area contributed by atoms with Crippen LogP contribution in [0.25, 0.3) is 0 Å². The second kappa shape index (κ2) is 4.14. The van der Waals surface area contributed by atoms with E-state index in [-0.39, 0.29) is 10.7 Å². The molecule has 5 nitrogen and oxygen atoms in total. The highest BCUT2D eigenvalue weighted by molar-refractivity contribution is 7.90. The Kier molecular flexibility index (Phi) is 2.81. The van der Waals surface area contributed by atoms with Gasteiger partial charge in [0.2, 0.25) is 0 Å². The van der Waals surface area contributed by atoms with Crippen molar-refractivity contribution in [1.82, 2.24) is 5.43 Å². The van der Waals surface area contributed by atoms with E-state index in [9.17, 15) is 8.42 Å². The maximum Gasteiger partial charge on any atom is 0.285 e. The zero-order chi connectivity index (χ0) is 12.5. The van der Waals surface area contributed by atoms with E-state index in [1.807, 2.05) is 0 Å². The number of hydrogen-bond donors (Lipinski definition) is 1. The fourth-order valence-corrected chi connectivity index (χ4v) is 2.56. The molecule has 0 fully saturated rings. The second-order valence-corrected chi connectivity index (χ2v) is 5.20. The maximum atomic E-state index is 11.7. The van der Waals surface area contributed by atoms with Crippen LogP contribution >= 0.6 is 0 Å². The molecule has 2 rings (SSSR count). The lowest BCUT2D eigenvalue weighted by Crippen LogP contribution is -2.17. The maximum absolute atomic E-state index is 11.7. The summed E-state index contributed by atoms with van der Waals surface area (Å²) in [5, 5.41) is 3.85. The standard InChI is InChI=1S/C11H11N3O2S/c1-8(2)7-12-13-11-9-5-3-4-6-10(9)17(15,16)14-11/h3-7H,1H2,2H3,(H,13,14). The van der Waals surface area contributed by atoms with Gasteiger partial charge in [-0.15, -0.1) is 4.40 Å². The first kappa shape index (κ1) is 11.5. The summed E-state index contributed by atoms with van der Waals surface area (Å²) in [4.78, 5) is 0.202. The van der Waals surface area contributed by atoms with Gasteiger partial charge in [-0.2, -0.15) is 13.5 Å². The molecule has 1 aromatic carbocycles. The lowest BCUT2D eigenvalue weighted by molar-refractivity contribution is 0.599. The summed E-state index contributed by atoms with van der Waals surface area (Å²) in [6, 6.07) is 6.61. The smallest absolute Gasteiger partial charge is 0.260 e. The topological polar surface area (TPSA) is 70.9 Å². The molecule has 1 aliphatic rings. The molecule has 0 spiro atoms. The van der Waals surface area contributed by atoms with Crippen LogP contribution in [0.1, 0.15) is 12.5 Å². The van der Waals surface area contributed by atoms with Crippen molar-refractivity contribution in [2.24, 2.45) is 9.50 Å². The molecule has 88 valence electrons. The predicted molar refractivity (Wildman–Crippen MR) is 66.6 cm³/mol. The van der Waals surface area contributed by atoms with Crippen molar-refractivity contribution in [2.45, 2.75) is 11.8 Å². The van der Waals surface area contributed by atoms with Crippen molar-refractivity contribution in [3.05, 3.63) is 42.0 Å². The highest BCUT2D eigenvalue weighted by Crippen LogP contribution is 2.24. The lowest BCUT2D eigenvalue weighted by Gasteiger charge is -1.99. The summed E-state index contributed by atoms with van der Waals surface area (Å²) in [5.74, 6) is 0.234. The Balaban J connectivity index is 2.35. The first-order valence-corrected chi connectivity index (χ1v) is 6.34. The number of fused-ring (bicyclic) bond motifs is 1. The molecule has 0 bridgehead atoms. The van der Waals surface area contributed by atoms with E-state index in [0.717, 1.165) is 5.57 Å². The Bertz CT molecular complexity index is 630. The molecule has 0 radical (unpaired) electrons. The number of hydrazone groups is 1. The quantitative estimate of drug-likeness (QED) is 0.634. The van der Waals surface area contributed by atoms with Crippen LogP contribution in [-0.4, -0.2) is 20.5 Å². The number of amidine groups is 1. The van der Waals surface area contributed by atoms with E-state index in [4.69, 9.17) is 0 Å². The van der Waals surface area contributed by atoms with Crippen molar-refractivity contribution < 1.29 is 8.42 Å². The Morgan fingerprint density at radius 1 is 1.47 bits per heavy atom. The molecule has 1 aromatic rings. The molecule has 1 heterocycles. The summed E-state index contributed by atoms with van der Waals surface area (Å²) < 4.78 is 26.9. The van der Waals surface area contributed by atoms with E-state index in [2.05, 4.69) is 21.5 Å². The molecule has 1 N–H and O–H groups in total. The van der Waals surface area contributed by atoms with E-state index < -0.39 is 10.0 Å². The third-order valence-corrected chi connectivity index (χ3v) is 3.42. The molecule has 1 aliphatic heterocycles. The fourth-order valence-electron chi connectivity index (χ4n) is 1.39. The SMILES string of the molecule is C=C(C)C=NNC1=NS(=O)(=O)c2ccccc21. The van der Waals surface area contributed by atoms with Crippen LogP contribution in [0.4, 0.5) is 0 Å². The van der Waals surface area contributed by atoms with Gasteiger partial charge in [-0.3, -0.25) is 5.43 Å². The molecule has 0 unspecified atom stereocenters. The van der Waals surface area contributed by atoms with Gasteiger partial charge in [0.05, 0.1) is 0 Å². The number of rotatable bonds is 2. The van der Waals surface area contributed by atoms with Crippen molar-refractivity contribution in [1.29, 1.82) is 0 Å². The zero-order valence-electron chi connectivity index (χ0n) is 9.21. The molecule has 0 aliphatic carbocycles. The molecular weight excluding hydrogens is 238 g/mol. The van der Waals surface area contributed by atoms with Gasteiger partial charge in [0.25, 0.3) is 10.0 Å². The van der Waals surface area contributed by atoms with Crippen LogP contribution in [0.5, 0.6) is 0 Å². The first-order valence-electron chi connectivity index (χ1n) is 4.90. The minimum Gasteiger partial charge on any atom is -0.260 e. The average molecular weight is 249 g/mol. The minimum absolute atomic E-state index is 0.202. The van der Waals surface area contributed by atoms with Crippen LogP contribution in [-0.2, 0) is 10.0 Å². The highest BCUT2D eigenvalue weighted by Gasteiger charge is 2.27. The van der Waals surface area contributed by atoms with Gasteiger partial charge in [-0.1, -0.05) is 18.7 Å². The molecule has 0 aromatic heterocycles. The number of nitrogens with one attached hydrogen (secondary N) is 1. The molecule has 6 heteroatoms. The lowest BCUT2D eigenvalue weighted by atomic mass is 10.2. The fraction of sp³-hybridized carbons (Fsp3) is 0.0909. The summed E-state index contributed by atoms with van der Waals surface area (Å²) in [5.41, 5.74) is 3.89. The summed E-state index contributed by atoms with van der Waals surface area (Å²) in [6.07, 6.45) is 1.50. The first-order chi connectivity index (χ1) is 8.00. The van der Waals surface area contributed by atoms with Crippen LogP contribution in [0.2, 0.25) is 0 Å². The summed E-state index contributed by atoms with van der Waals surface area (Å²) in [7, 11) is -3.58. The van der Waals surface area contributed by atoms with Crippen molar-refractivity contribution in [3.8, 4) is 0 Å². The van der Waals surface area contributed by atoms with Crippen molar-refractivity contribution >= 4 is 22.1 Å². The van der Waals surface area contributed by atoms with Crippen LogP contribution in [0.15, 0.2) is 50.8 Å². The third-order valence-electron chi connectivity index (χ3n) is 2.09. The van der Waals surface area contributed by atoms with Gasteiger partial charge in [-0.05, 0) is 24.6 Å². The Morgan fingerprint density at radius 3 is 2.88 bits per heavy atom. The summed E-state index contributed by atoms with van der Waals surface area (Å²) >= 11 is 0. The van der Waals surface area contributed by atoms with E-state index in [0.29, 0.717) is 5.56 Å². The largest absolute Gasteiger partial charge is 0.285 e. The van der Waals surface area contributed by atoms with Gasteiger partial charge < -0.3 is 0 Å². The average Bonchev–Trinajstić information content (AvgIpc) is 2.51. The molecule has 17 heavy (non-hydrogen) atoms. The van der Waals surface area contributed by atoms with E-state index in [1.165, 1.54) is 12.3 Å².